The van der Waals surface area contributed by atoms with E-state index in [-0.39, 0.29) is 12.7 Å². The zero-order valence-electron chi connectivity index (χ0n) is 11.5. The van der Waals surface area contributed by atoms with E-state index in [1.54, 1.807) is 0 Å². The van der Waals surface area contributed by atoms with Crippen molar-refractivity contribution in [1.29, 1.82) is 5.26 Å². The zero-order valence-corrected chi connectivity index (χ0v) is 11.5. The Hall–Kier alpha value is -2.44. The summed E-state index contributed by atoms with van der Waals surface area (Å²) in [4.78, 5) is 11.4. The van der Waals surface area contributed by atoms with E-state index in [0.717, 1.165) is 0 Å². The standard InChI is InChI=1S/C13H9F6NO3/c1-2-22-11(21)4-7-3-8(23-13(17,18)19)5-10(9(7)6-20)12(14,15)16/h3,5H,2,4H2,1H3. The molecule has 0 spiro atoms. The first-order valence-electron chi connectivity index (χ1n) is 6.03. The summed E-state index contributed by atoms with van der Waals surface area (Å²) < 4.78 is 83.3. The lowest BCUT2D eigenvalue weighted by molar-refractivity contribution is -0.274. The number of rotatable bonds is 4. The molecule has 0 unspecified atom stereocenters. The van der Waals surface area contributed by atoms with Crippen molar-refractivity contribution in [2.45, 2.75) is 25.9 Å². The number of nitriles is 1. The molecule has 0 bridgehead atoms. The molecule has 126 valence electrons. The first kappa shape index (κ1) is 18.6. The molecule has 1 aromatic rings. The van der Waals surface area contributed by atoms with Crippen LogP contribution in [0.3, 0.4) is 0 Å². The highest BCUT2D eigenvalue weighted by Gasteiger charge is 2.38. The first-order valence-corrected chi connectivity index (χ1v) is 6.03. The summed E-state index contributed by atoms with van der Waals surface area (Å²) in [6.07, 6.45) is -11.1. The van der Waals surface area contributed by atoms with Gasteiger partial charge in [0.05, 0.1) is 24.2 Å². The molecule has 0 aliphatic carbocycles. The largest absolute Gasteiger partial charge is 0.573 e. The van der Waals surface area contributed by atoms with Crippen LogP contribution in [0, 0.1) is 11.3 Å². The van der Waals surface area contributed by atoms with Gasteiger partial charge in [-0.2, -0.15) is 18.4 Å². The molecule has 0 N–H and O–H groups in total. The van der Waals surface area contributed by atoms with E-state index in [1.165, 1.54) is 13.0 Å². The van der Waals surface area contributed by atoms with E-state index in [1.807, 2.05) is 0 Å². The van der Waals surface area contributed by atoms with Crippen LogP contribution in [0.25, 0.3) is 0 Å². The predicted molar refractivity (Wildman–Crippen MR) is 63.2 cm³/mol. The predicted octanol–water partition coefficient (Wildman–Crippen LogP) is 3.58. The third-order valence-corrected chi connectivity index (χ3v) is 2.48. The molecule has 4 nitrogen and oxygen atoms in total. The molecule has 0 aliphatic heterocycles. The van der Waals surface area contributed by atoms with Crippen molar-refractivity contribution in [2.24, 2.45) is 0 Å². The van der Waals surface area contributed by atoms with Crippen LogP contribution in [-0.2, 0) is 22.1 Å². The Morgan fingerprint density at radius 1 is 1.22 bits per heavy atom. The average Bonchev–Trinajstić information content (AvgIpc) is 2.35. The third kappa shape index (κ3) is 5.36. The number of carbonyl (C=O) groups excluding carboxylic acids is 1. The number of alkyl halides is 6. The Morgan fingerprint density at radius 3 is 2.26 bits per heavy atom. The second kappa shape index (κ2) is 6.76. The highest BCUT2D eigenvalue weighted by Crippen LogP contribution is 2.37. The molecule has 0 fully saturated rings. The van der Waals surface area contributed by atoms with E-state index < -0.39 is 47.4 Å². The van der Waals surface area contributed by atoms with Crippen LogP contribution >= 0.6 is 0 Å². The van der Waals surface area contributed by atoms with Gasteiger partial charge in [-0.15, -0.1) is 13.2 Å². The smallest absolute Gasteiger partial charge is 0.466 e. The van der Waals surface area contributed by atoms with Crippen molar-refractivity contribution >= 4 is 5.97 Å². The molecule has 0 atom stereocenters. The van der Waals surface area contributed by atoms with Crippen LogP contribution in [-0.4, -0.2) is 18.9 Å². The molecule has 0 aromatic heterocycles. The Labute approximate surface area is 126 Å². The van der Waals surface area contributed by atoms with Crippen LogP contribution in [0.4, 0.5) is 26.3 Å². The Morgan fingerprint density at radius 2 is 1.83 bits per heavy atom. The minimum absolute atomic E-state index is 0.0562. The molecule has 0 radical (unpaired) electrons. The maximum absolute atomic E-state index is 12.9. The summed E-state index contributed by atoms with van der Waals surface area (Å²) in [6.45, 7) is 1.36. The Balaban J connectivity index is 3.43. The van der Waals surface area contributed by atoms with Gasteiger partial charge in [0.15, 0.2) is 0 Å². The number of ether oxygens (including phenoxy) is 2. The highest BCUT2D eigenvalue weighted by atomic mass is 19.4. The zero-order chi connectivity index (χ0) is 17.8. The van der Waals surface area contributed by atoms with E-state index in [0.29, 0.717) is 6.07 Å². The molecule has 23 heavy (non-hydrogen) atoms. The Bertz CT molecular complexity index is 630. The van der Waals surface area contributed by atoms with Crippen LogP contribution in [0.15, 0.2) is 12.1 Å². The van der Waals surface area contributed by atoms with E-state index >= 15 is 0 Å². The van der Waals surface area contributed by atoms with Gasteiger partial charge in [-0.3, -0.25) is 4.79 Å². The van der Waals surface area contributed by atoms with Crippen molar-refractivity contribution in [3.63, 3.8) is 0 Å². The molecular formula is C13H9F6NO3. The number of benzene rings is 1. The highest BCUT2D eigenvalue weighted by molar-refractivity contribution is 5.74. The van der Waals surface area contributed by atoms with E-state index in [4.69, 9.17) is 5.26 Å². The lowest BCUT2D eigenvalue weighted by Gasteiger charge is -2.16. The van der Waals surface area contributed by atoms with Gasteiger partial charge >= 0.3 is 18.5 Å². The summed E-state index contributed by atoms with van der Waals surface area (Å²) in [7, 11) is 0. The summed E-state index contributed by atoms with van der Waals surface area (Å²) in [5.74, 6) is -2.16. The van der Waals surface area contributed by atoms with Gasteiger partial charge in [0.2, 0.25) is 0 Å². The van der Waals surface area contributed by atoms with Crippen LogP contribution < -0.4 is 4.74 Å². The fourth-order valence-electron chi connectivity index (χ4n) is 1.73. The maximum atomic E-state index is 12.9. The van der Waals surface area contributed by atoms with Crippen molar-refractivity contribution in [3.05, 3.63) is 28.8 Å². The van der Waals surface area contributed by atoms with Crippen molar-refractivity contribution < 1.29 is 40.6 Å². The van der Waals surface area contributed by atoms with Crippen LogP contribution in [0.2, 0.25) is 0 Å². The second-order valence-corrected chi connectivity index (χ2v) is 4.14. The summed E-state index contributed by atoms with van der Waals surface area (Å²) in [6, 6.07) is 1.85. The molecule has 0 heterocycles. The van der Waals surface area contributed by atoms with Gasteiger partial charge in [0, 0.05) is 0 Å². The summed E-state index contributed by atoms with van der Waals surface area (Å²) in [5, 5.41) is 8.86. The fraction of sp³-hybridized carbons (Fsp3) is 0.385. The van der Waals surface area contributed by atoms with Crippen molar-refractivity contribution in [2.75, 3.05) is 6.61 Å². The average molecular weight is 341 g/mol. The number of halogens is 6. The fourth-order valence-corrected chi connectivity index (χ4v) is 1.73. The van der Waals surface area contributed by atoms with Crippen molar-refractivity contribution in [1.82, 2.24) is 0 Å². The number of nitrogens with zero attached hydrogens (tertiary/aromatic N) is 1. The first-order chi connectivity index (χ1) is 10.5. The second-order valence-electron chi connectivity index (χ2n) is 4.14. The molecular weight excluding hydrogens is 332 g/mol. The van der Waals surface area contributed by atoms with E-state index in [9.17, 15) is 31.1 Å². The molecule has 0 saturated heterocycles. The van der Waals surface area contributed by atoms with Crippen LogP contribution in [0.5, 0.6) is 5.75 Å². The topological polar surface area (TPSA) is 59.3 Å². The van der Waals surface area contributed by atoms with Gasteiger partial charge in [-0.1, -0.05) is 0 Å². The van der Waals surface area contributed by atoms with Gasteiger partial charge in [-0.05, 0) is 24.6 Å². The van der Waals surface area contributed by atoms with Gasteiger partial charge in [0.25, 0.3) is 0 Å². The van der Waals surface area contributed by atoms with Crippen LogP contribution in [0.1, 0.15) is 23.6 Å². The number of hydrogen-bond donors (Lipinski definition) is 0. The lowest BCUT2D eigenvalue weighted by Crippen LogP contribution is -2.19. The normalized spacial score (nSPS) is 11.7. The lowest BCUT2D eigenvalue weighted by atomic mass is 9.98. The molecule has 0 saturated carbocycles. The third-order valence-electron chi connectivity index (χ3n) is 2.48. The van der Waals surface area contributed by atoms with Gasteiger partial charge in [-0.25, -0.2) is 0 Å². The quantitative estimate of drug-likeness (QED) is 0.620. The molecule has 1 aromatic carbocycles. The SMILES string of the molecule is CCOC(=O)Cc1cc(OC(F)(F)F)cc(C(F)(F)F)c1C#N. The van der Waals surface area contributed by atoms with Gasteiger partial charge < -0.3 is 9.47 Å². The minimum atomic E-state index is -5.22. The van der Waals surface area contributed by atoms with E-state index in [2.05, 4.69) is 9.47 Å². The Kier molecular flexibility index (Phi) is 5.47. The molecule has 0 amide bonds. The van der Waals surface area contributed by atoms with Gasteiger partial charge in [0.1, 0.15) is 11.8 Å². The van der Waals surface area contributed by atoms with Crippen molar-refractivity contribution in [3.8, 4) is 11.8 Å². The monoisotopic (exact) mass is 341 g/mol. The molecule has 0 aliphatic rings. The summed E-state index contributed by atoms with van der Waals surface area (Å²) in [5.41, 5.74) is -3.15. The maximum Gasteiger partial charge on any atom is 0.573 e. The number of carbonyl (C=O) groups is 1. The molecule has 10 heteroatoms. The minimum Gasteiger partial charge on any atom is -0.466 e. The summed E-state index contributed by atoms with van der Waals surface area (Å²) >= 11 is 0. The number of esters is 1. The molecule has 1 rings (SSSR count). The number of hydrogen-bond acceptors (Lipinski definition) is 4.